The van der Waals surface area contributed by atoms with Crippen LogP contribution >= 0.6 is 46.4 Å². The van der Waals surface area contributed by atoms with Crippen LogP contribution in [-0.2, 0) is 41.5 Å². The fraction of sp³-hybridized carbons (Fsp3) is 0.400. The van der Waals surface area contributed by atoms with Crippen LogP contribution in [0.5, 0.6) is 0 Å². The summed E-state index contributed by atoms with van der Waals surface area (Å²) in [6, 6.07) is 55.3. The van der Waals surface area contributed by atoms with Crippen LogP contribution in [0.3, 0.4) is 0 Å². The van der Waals surface area contributed by atoms with Gasteiger partial charge in [-0.25, -0.2) is 37.0 Å². The highest BCUT2D eigenvalue weighted by Gasteiger charge is 2.49. The van der Waals surface area contributed by atoms with Crippen molar-refractivity contribution in [2.75, 3.05) is 81.8 Å². The molecular formula is C110H114Cl4F4N10O8. The van der Waals surface area contributed by atoms with E-state index in [1.807, 2.05) is 92.1 Å². The zero-order chi connectivity index (χ0) is 95.7. The monoisotopic (exact) mass is 1920 g/mol. The van der Waals surface area contributed by atoms with Gasteiger partial charge in [0, 0.05) is 179 Å². The summed E-state index contributed by atoms with van der Waals surface area (Å²) < 4.78 is 66.7. The molecule has 8 aromatic carbocycles. The molecule has 4 aromatic heterocycles. The van der Waals surface area contributed by atoms with Gasteiger partial charge in [-0.05, 0) is 345 Å². The summed E-state index contributed by atoms with van der Waals surface area (Å²) in [6.07, 6.45) is 15.7. The van der Waals surface area contributed by atoms with Crippen molar-refractivity contribution >= 4 is 160 Å². The minimum atomic E-state index is -0.737. The Morgan fingerprint density at radius 1 is 0.360 bits per heavy atom. The number of imide groups is 2. The van der Waals surface area contributed by atoms with E-state index < -0.39 is 23.4 Å². The number of pyridine rings is 4. The Kier molecular flexibility index (Phi) is 29.2. The molecule has 20 rings (SSSR count). The first-order valence-electron chi connectivity index (χ1n) is 47.4. The number of benzene rings is 8. The van der Waals surface area contributed by atoms with E-state index >= 15 is 0 Å². The van der Waals surface area contributed by atoms with Crippen LogP contribution in [0.2, 0.25) is 20.1 Å². The highest BCUT2D eigenvalue weighted by Crippen LogP contribution is 2.52. The first-order chi connectivity index (χ1) is 65.1. The smallest absolute Gasteiger partial charge is 0.421 e. The van der Waals surface area contributed by atoms with E-state index in [2.05, 4.69) is 46.5 Å². The van der Waals surface area contributed by atoms with Crippen LogP contribution in [-0.4, -0.2) is 119 Å². The van der Waals surface area contributed by atoms with Gasteiger partial charge in [-0.2, -0.15) is 0 Å². The van der Waals surface area contributed by atoms with E-state index in [0.29, 0.717) is 121 Å². The molecule has 4 aliphatic carbocycles. The van der Waals surface area contributed by atoms with E-state index in [1.165, 1.54) is 24.3 Å². The van der Waals surface area contributed by atoms with Gasteiger partial charge >= 0.3 is 12.2 Å². The maximum Gasteiger partial charge on any atom is 0.421 e. The number of hydrogen-bond acceptors (Lipinski definition) is 16. The first-order valence-corrected chi connectivity index (χ1v) is 49.0. The molecule has 8 heterocycles. The van der Waals surface area contributed by atoms with Crippen LogP contribution < -0.4 is 29.4 Å². The van der Waals surface area contributed by atoms with Gasteiger partial charge < -0.3 is 29.1 Å². The number of carbonyl (C=O) groups is 6. The predicted octanol–water partition coefficient (Wildman–Crippen LogP) is 25.6. The number of ether oxygens (including phenoxy) is 2. The summed E-state index contributed by atoms with van der Waals surface area (Å²) in [6.45, 7) is 22.0. The molecule has 6 unspecified atom stereocenters. The summed E-state index contributed by atoms with van der Waals surface area (Å²) in [5, 5.41) is 5.85. The summed E-state index contributed by atoms with van der Waals surface area (Å²) in [5.41, 5.74) is 8.87. The zero-order valence-corrected chi connectivity index (χ0v) is 80.8. The van der Waals surface area contributed by atoms with Gasteiger partial charge in [-0.1, -0.05) is 84.5 Å². The Hall–Kier alpha value is -11.3. The fourth-order valence-corrected chi connectivity index (χ4v) is 23.2. The molecule has 708 valence electrons. The number of aromatic nitrogens is 4. The summed E-state index contributed by atoms with van der Waals surface area (Å²) in [5.74, 6) is 4.24. The number of anilines is 6. The second kappa shape index (κ2) is 41.2. The molecule has 8 fully saturated rings. The van der Waals surface area contributed by atoms with E-state index in [4.69, 9.17) is 55.9 Å². The summed E-state index contributed by atoms with van der Waals surface area (Å²) in [7, 11) is 0. The Bertz CT molecular complexity index is 6360. The number of halogens is 8. The van der Waals surface area contributed by atoms with Gasteiger partial charge in [0.1, 0.15) is 46.0 Å². The van der Waals surface area contributed by atoms with Gasteiger partial charge in [0.25, 0.3) is 0 Å². The molecular weight excluding hydrogens is 1810 g/mol. The third kappa shape index (κ3) is 22.7. The third-order valence-corrected chi connectivity index (χ3v) is 30.1. The van der Waals surface area contributed by atoms with Crippen molar-refractivity contribution in [3.63, 3.8) is 0 Å². The maximum atomic E-state index is 14.0. The molecule has 0 radical (unpaired) electrons. The lowest BCUT2D eigenvalue weighted by Crippen LogP contribution is -2.45. The standard InChI is InChI=1S/C30H33ClFN3O3.C29H31ClFN3O3.C26H26ClFN2O.C25H24ClFN2O/c1-18(28(36)35(29(37)38-30(2,3)4)24-8-5-22(31)6-9-24)19-13-20-16-34(17-21(20)14-19)27-11-12-33-26-10-7-23(32)15-25(26)27;1-29(2,3)37-28(36)34(23-7-4-21(30)5-8-23)27(35)14-18-12-19-16-33(17-20(19)13-18)26-10-11-32-25-9-6-22(31)15-24(25)26;1-16(26(31)10-17-2-4-21(27)5-3-17)18-11-19-14-30(15-20(19)12-18)25-8-9-29-24-7-6-22(28)13-23(24)25;26-20-3-1-16(2-4-20)11-22(30)12-17-9-18-14-29(15-19(18)10-17)25-7-8-28-24-6-5-21(27)13-23(24)25/h5-12,15,18-21H,13-14,16-17H2,1-4H3;4-11,15,18-20H,12-14,16-17H2,1-3H3;2-9,13,16,18-20H,10-12,14-15H2,1H3;1-8,13,17-19H,9-12,14-15H2/t18?,19?,20-,21+;18?,19-,20+;16?,18?,19-,20+;17?,18-,19+. The van der Waals surface area contributed by atoms with Crippen molar-refractivity contribution in [2.24, 2.45) is 82.9 Å². The molecule has 18 nitrogen and oxygen atoms in total. The van der Waals surface area contributed by atoms with E-state index in [1.54, 1.807) is 151 Å². The quantitative estimate of drug-likeness (QED) is 0.0736. The van der Waals surface area contributed by atoms with Crippen molar-refractivity contribution in [3.8, 4) is 0 Å². The average molecular weight is 1920 g/mol. The maximum absolute atomic E-state index is 14.0. The lowest BCUT2D eigenvalue weighted by Gasteiger charge is -2.30. The normalized spacial score (nSPS) is 22.4. The number of hydrogen-bond donors (Lipinski definition) is 0. The van der Waals surface area contributed by atoms with Gasteiger partial charge in [0.2, 0.25) is 11.8 Å². The molecule has 4 saturated carbocycles. The number of amides is 4. The average Bonchev–Trinajstić information content (AvgIpc) is 1.63. The second-order valence-electron chi connectivity index (χ2n) is 40.7. The first kappa shape index (κ1) is 96.4. The van der Waals surface area contributed by atoms with Crippen LogP contribution in [0, 0.1) is 106 Å². The fourth-order valence-electron chi connectivity index (χ4n) is 22.7. The number of fused-ring (bicyclic) bond motifs is 8. The summed E-state index contributed by atoms with van der Waals surface area (Å²) in [4.78, 5) is 108. The van der Waals surface area contributed by atoms with Crippen LogP contribution in [0.4, 0.5) is 61.3 Å². The minimum absolute atomic E-state index is 0.0746. The molecule has 0 N–H and O–H groups in total. The molecule has 4 saturated heterocycles. The molecule has 12 aromatic rings. The number of ketones is 2. The third-order valence-electron chi connectivity index (χ3n) is 29.0. The Balaban J connectivity index is 0.000000126. The van der Waals surface area contributed by atoms with Gasteiger partial charge in [0.05, 0.1) is 33.4 Å². The Morgan fingerprint density at radius 3 is 0.963 bits per heavy atom. The molecule has 4 aliphatic heterocycles. The van der Waals surface area contributed by atoms with Crippen molar-refractivity contribution in [3.05, 3.63) is 273 Å². The minimum Gasteiger partial charge on any atom is -0.443 e. The van der Waals surface area contributed by atoms with Crippen molar-refractivity contribution in [2.45, 2.75) is 144 Å². The van der Waals surface area contributed by atoms with E-state index in [0.717, 1.165) is 191 Å². The molecule has 14 atom stereocenters. The highest BCUT2D eigenvalue weighted by atomic mass is 35.5. The topological polar surface area (TPSA) is 192 Å². The molecule has 26 heteroatoms. The van der Waals surface area contributed by atoms with Gasteiger partial charge in [0.15, 0.2) is 0 Å². The van der Waals surface area contributed by atoms with Gasteiger partial charge in [-0.15, -0.1) is 0 Å². The van der Waals surface area contributed by atoms with E-state index in [-0.39, 0.29) is 65.2 Å². The largest absolute Gasteiger partial charge is 0.443 e. The molecule has 8 aliphatic rings. The lowest BCUT2D eigenvalue weighted by atomic mass is 9.85. The summed E-state index contributed by atoms with van der Waals surface area (Å²) >= 11 is 24.0. The van der Waals surface area contributed by atoms with Crippen LogP contribution in [0.15, 0.2) is 219 Å². The van der Waals surface area contributed by atoms with Crippen molar-refractivity contribution in [1.82, 2.24) is 19.9 Å². The van der Waals surface area contributed by atoms with Crippen molar-refractivity contribution in [1.29, 1.82) is 0 Å². The zero-order valence-electron chi connectivity index (χ0n) is 77.8. The number of Topliss-reactive ketones (excluding diaryl/α,β-unsaturated/α-hetero) is 2. The second-order valence-corrected chi connectivity index (χ2v) is 42.5. The molecule has 136 heavy (non-hydrogen) atoms. The molecule has 0 bridgehead atoms. The number of rotatable bonds is 18. The molecule has 4 amide bonds. The number of carbonyl (C=O) groups excluding carboxylic acids is 6. The van der Waals surface area contributed by atoms with E-state index in [9.17, 15) is 46.3 Å². The van der Waals surface area contributed by atoms with Crippen molar-refractivity contribution < 1.29 is 55.8 Å². The highest BCUT2D eigenvalue weighted by molar-refractivity contribution is 6.31. The number of nitrogens with zero attached hydrogens (tertiary/aromatic N) is 10. The van der Waals surface area contributed by atoms with Crippen LogP contribution in [0.1, 0.15) is 131 Å². The lowest BCUT2D eigenvalue weighted by molar-refractivity contribution is -0.124. The van der Waals surface area contributed by atoms with Gasteiger partial charge in [-0.3, -0.25) is 39.1 Å². The molecule has 0 spiro atoms. The van der Waals surface area contributed by atoms with Crippen LogP contribution in [0.25, 0.3) is 43.6 Å². The predicted molar refractivity (Wildman–Crippen MR) is 533 cm³/mol. The Labute approximate surface area is 811 Å². The SMILES string of the molecule is CC(C(=O)Cc1ccc(Cl)cc1)C1C[C@@H]2CN(c3ccnc4ccc(F)cc34)C[C@@H]2C1.CC(C(=O)N(C(=O)OC(C)(C)C)c1ccc(Cl)cc1)C1C[C@@H]2CN(c3ccnc4ccc(F)cc34)C[C@@H]2C1.CC(C)(C)OC(=O)N(C(=O)CC1C[C@@H]2CN(c3ccnc4ccc(F)cc34)C[C@@H]2C1)c1ccc(Cl)cc1.O=C(Cc1ccc(Cl)cc1)CC1C[C@@H]2CN(c3ccnc4ccc(F)cc34)C[C@@H]2C1. The Morgan fingerprint density at radius 2 is 0.640 bits per heavy atom.